The van der Waals surface area contributed by atoms with Crippen molar-refractivity contribution in [3.8, 4) is 0 Å². The second kappa shape index (κ2) is 10.4. The van der Waals surface area contributed by atoms with Crippen LogP contribution in [0.15, 0.2) is 77.2 Å². The summed E-state index contributed by atoms with van der Waals surface area (Å²) in [4.78, 5) is 14.9. The zero-order chi connectivity index (χ0) is 26.8. The van der Waals surface area contributed by atoms with E-state index in [2.05, 4.69) is 10.2 Å². The molecule has 1 amide bonds. The Morgan fingerprint density at radius 2 is 1.78 bits per heavy atom. The molecule has 2 aliphatic rings. The van der Waals surface area contributed by atoms with Crippen molar-refractivity contribution in [2.45, 2.75) is 44.2 Å². The van der Waals surface area contributed by atoms with Gasteiger partial charge in [-0.15, -0.1) is 0 Å². The summed E-state index contributed by atoms with van der Waals surface area (Å²) >= 11 is 0. The minimum Gasteiger partial charge on any atom is -0.371 e. The lowest BCUT2D eigenvalue weighted by molar-refractivity contribution is -0.199. The van der Waals surface area contributed by atoms with Gasteiger partial charge in [0.25, 0.3) is 0 Å². The first-order chi connectivity index (χ1) is 17.4. The van der Waals surface area contributed by atoms with Gasteiger partial charge in [0, 0.05) is 30.4 Å². The van der Waals surface area contributed by atoms with E-state index in [0.29, 0.717) is 11.3 Å². The van der Waals surface area contributed by atoms with E-state index in [4.69, 9.17) is 0 Å². The van der Waals surface area contributed by atoms with Crippen molar-refractivity contribution < 1.29 is 26.4 Å². The van der Waals surface area contributed by atoms with E-state index in [1.54, 1.807) is 31.2 Å². The maximum absolute atomic E-state index is 13.3. The summed E-state index contributed by atoms with van der Waals surface area (Å²) in [5.41, 5.74) is 1.53. The van der Waals surface area contributed by atoms with Gasteiger partial charge in [0.1, 0.15) is 0 Å². The third-order valence-electron chi connectivity index (χ3n) is 7.26. The fraction of sp³-hybridized carbons (Fsp3) is 0.393. The average molecular weight is 533 g/mol. The highest BCUT2D eigenvalue weighted by Crippen LogP contribution is 2.45. The molecule has 1 aliphatic heterocycles. The molecule has 1 heterocycles. The zero-order valence-electron chi connectivity index (χ0n) is 20.9. The molecule has 0 bridgehead atoms. The third kappa shape index (κ3) is 6.09. The molecule has 1 aliphatic carbocycles. The van der Waals surface area contributed by atoms with E-state index in [1.807, 2.05) is 24.3 Å². The number of benzene rings is 2. The van der Waals surface area contributed by atoms with Crippen LogP contribution in [0.25, 0.3) is 0 Å². The molecule has 9 heteroatoms. The smallest absolute Gasteiger partial charge is 0.371 e. The van der Waals surface area contributed by atoms with Gasteiger partial charge >= 0.3 is 6.18 Å². The lowest BCUT2D eigenvalue weighted by Gasteiger charge is -2.31. The van der Waals surface area contributed by atoms with Gasteiger partial charge in [-0.3, -0.25) is 4.79 Å². The van der Waals surface area contributed by atoms with Crippen molar-refractivity contribution in [2.75, 3.05) is 29.1 Å². The van der Waals surface area contributed by atoms with E-state index in [0.717, 1.165) is 30.8 Å². The number of anilines is 2. The second-order valence-corrected chi connectivity index (χ2v) is 12.2. The molecular formula is C28H31F3N2O3S. The topological polar surface area (TPSA) is 66.5 Å². The average Bonchev–Trinajstić information content (AvgIpc) is 3.35. The molecule has 0 saturated carbocycles. The highest BCUT2D eigenvalue weighted by molar-refractivity contribution is 7.91. The molecule has 37 heavy (non-hydrogen) atoms. The number of carbonyl (C=O) groups excluding carboxylic acids is 1. The summed E-state index contributed by atoms with van der Waals surface area (Å²) in [5.74, 6) is 0.00570. The van der Waals surface area contributed by atoms with Crippen LogP contribution in [0.4, 0.5) is 24.5 Å². The number of carbonyl (C=O) groups is 1. The zero-order valence-corrected chi connectivity index (χ0v) is 21.7. The number of hydrogen-bond donors (Lipinski definition) is 1. The van der Waals surface area contributed by atoms with E-state index in [-0.39, 0.29) is 35.3 Å². The Morgan fingerprint density at radius 1 is 1.11 bits per heavy atom. The fourth-order valence-electron chi connectivity index (χ4n) is 4.65. The quantitative estimate of drug-likeness (QED) is 0.479. The molecule has 1 fully saturated rings. The van der Waals surface area contributed by atoms with Crippen LogP contribution in [-0.2, 0) is 21.1 Å². The molecule has 1 N–H and O–H groups in total. The number of nitrogens with one attached hydrogen (secondary N) is 1. The first-order valence-corrected chi connectivity index (χ1v) is 14.0. The Kier molecular flexibility index (Phi) is 7.55. The predicted molar refractivity (Wildman–Crippen MR) is 139 cm³/mol. The van der Waals surface area contributed by atoms with Gasteiger partial charge in [0.05, 0.1) is 22.5 Å². The van der Waals surface area contributed by atoms with E-state index in [1.165, 1.54) is 25.1 Å². The van der Waals surface area contributed by atoms with Crippen molar-refractivity contribution in [1.29, 1.82) is 0 Å². The van der Waals surface area contributed by atoms with Crippen molar-refractivity contribution in [3.05, 3.63) is 77.9 Å². The summed E-state index contributed by atoms with van der Waals surface area (Å²) in [6, 6.07) is 13.8. The van der Waals surface area contributed by atoms with E-state index >= 15 is 0 Å². The minimum absolute atomic E-state index is 0.0251. The molecule has 2 aromatic carbocycles. The van der Waals surface area contributed by atoms with Crippen LogP contribution in [0.1, 0.15) is 32.3 Å². The number of amides is 1. The maximum atomic E-state index is 13.3. The Labute approximate surface area is 216 Å². The minimum atomic E-state index is -4.26. The van der Waals surface area contributed by atoms with Crippen LogP contribution in [-0.4, -0.2) is 39.3 Å². The Balaban J connectivity index is 1.30. The van der Waals surface area contributed by atoms with Gasteiger partial charge in [0.15, 0.2) is 9.84 Å². The van der Waals surface area contributed by atoms with Gasteiger partial charge in [0.2, 0.25) is 5.91 Å². The highest BCUT2D eigenvalue weighted by atomic mass is 32.2. The number of allylic oxidation sites excluding steroid dienone is 3. The first kappa shape index (κ1) is 27.0. The number of halogens is 3. The van der Waals surface area contributed by atoms with Crippen LogP contribution in [0.2, 0.25) is 0 Å². The van der Waals surface area contributed by atoms with Gasteiger partial charge in [-0.05, 0) is 67.3 Å². The molecule has 5 nitrogen and oxygen atoms in total. The third-order valence-corrected chi connectivity index (χ3v) is 9.01. The van der Waals surface area contributed by atoms with E-state index in [9.17, 15) is 26.4 Å². The molecule has 2 aromatic rings. The van der Waals surface area contributed by atoms with E-state index < -0.39 is 21.4 Å². The van der Waals surface area contributed by atoms with Crippen LogP contribution >= 0.6 is 0 Å². The summed E-state index contributed by atoms with van der Waals surface area (Å²) in [6.07, 6.45) is 1.37. The first-order valence-electron chi connectivity index (χ1n) is 12.3. The summed E-state index contributed by atoms with van der Waals surface area (Å²) in [7, 11) is -3.28. The van der Waals surface area contributed by atoms with Crippen LogP contribution in [0, 0.1) is 11.3 Å². The Morgan fingerprint density at radius 3 is 2.35 bits per heavy atom. The van der Waals surface area contributed by atoms with Gasteiger partial charge in [-0.1, -0.05) is 37.3 Å². The maximum Gasteiger partial charge on any atom is 0.397 e. The van der Waals surface area contributed by atoms with Gasteiger partial charge in [-0.25, -0.2) is 8.42 Å². The lowest BCUT2D eigenvalue weighted by atomic mass is 9.79. The number of rotatable bonds is 7. The summed E-state index contributed by atoms with van der Waals surface area (Å²) in [6.45, 7) is 4.36. The van der Waals surface area contributed by atoms with Crippen LogP contribution < -0.4 is 10.2 Å². The molecular weight excluding hydrogens is 501 g/mol. The number of nitrogens with zero attached hydrogens (tertiary/aromatic N) is 1. The SMILES string of the molecule is CCS(=O)(=O)c1ccc(CC(=O)Nc2ccc(N3CCC(C4=CCC(C)(C(F)(F)F)C=C4)C3)cc2)cc1. The fourth-order valence-corrected chi connectivity index (χ4v) is 5.54. The molecule has 1 saturated heterocycles. The number of alkyl halides is 3. The summed E-state index contributed by atoms with van der Waals surface area (Å²) < 4.78 is 63.6. The van der Waals surface area contributed by atoms with Crippen molar-refractivity contribution in [3.63, 3.8) is 0 Å². The standard InChI is InChI=1S/C28H31F3N2O3S/c1-3-37(35,36)25-10-4-20(5-11-25)18-26(34)32-23-6-8-24(9-7-23)33-17-14-22(19-33)21-12-15-27(2,16-13-21)28(29,30)31/h4-13,15,22H,3,14,16-19H2,1-2H3,(H,32,34). The van der Waals surface area contributed by atoms with Gasteiger partial charge < -0.3 is 10.2 Å². The van der Waals surface area contributed by atoms with Crippen LogP contribution in [0.3, 0.4) is 0 Å². The monoisotopic (exact) mass is 532 g/mol. The predicted octanol–water partition coefficient (Wildman–Crippen LogP) is 5.94. The second-order valence-electron chi connectivity index (χ2n) is 9.91. The normalized spacial score (nSPS) is 22.1. The molecule has 0 aromatic heterocycles. The number of sulfone groups is 1. The van der Waals surface area contributed by atoms with Crippen molar-refractivity contribution >= 4 is 27.1 Å². The highest BCUT2D eigenvalue weighted by Gasteiger charge is 2.49. The largest absolute Gasteiger partial charge is 0.397 e. The lowest BCUT2D eigenvalue weighted by Crippen LogP contribution is -2.34. The molecule has 0 spiro atoms. The molecule has 198 valence electrons. The summed E-state index contributed by atoms with van der Waals surface area (Å²) in [5, 5.41) is 2.86. The Hall–Kier alpha value is -3.07. The Bertz CT molecular complexity index is 1300. The van der Waals surface area contributed by atoms with Crippen LogP contribution in [0.5, 0.6) is 0 Å². The molecule has 0 radical (unpaired) electrons. The number of hydrogen-bond acceptors (Lipinski definition) is 4. The van der Waals surface area contributed by atoms with Gasteiger partial charge in [-0.2, -0.15) is 13.2 Å². The van der Waals surface area contributed by atoms with Crippen molar-refractivity contribution in [2.24, 2.45) is 11.3 Å². The molecule has 2 unspecified atom stereocenters. The molecule has 4 rings (SSSR count). The molecule has 2 atom stereocenters. The van der Waals surface area contributed by atoms with Crippen molar-refractivity contribution in [1.82, 2.24) is 0 Å².